The zero-order chi connectivity index (χ0) is 22.1. The number of halogens is 1. The molecule has 0 saturated carbocycles. The van der Waals surface area contributed by atoms with Crippen LogP contribution in [0.5, 0.6) is 11.5 Å². The number of esters is 1. The second-order valence-electron chi connectivity index (χ2n) is 6.28. The minimum Gasteiger partial charge on any atom is -0.484 e. The van der Waals surface area contributed by atoms with Crippen LogP contribution in [0.3, 0.4) is 0 Å². The summed E-state index contributed by atoms with van der Waals surface area (Å²) in [7, 11) is 1.30. The van der Waals surface area contributed by atoms with Gasteiger partial charge >= 0.3 is 5.97 Å². The summed E-state index contributed by atoms with van der Waals surface area (Å²) in [5.74, 6) is 2.67. The number of nitrogens with one attached hydrogen (secondary N) is 1. The van der Waals surface area contributed by atoms with Crippen LogP contribution in [-0.2, 0) is 14.3 Å². The summed E-state index contributed by atoms with van der Waals surface area (Å²) < 4.78 is 16.5. The number of hydrogen-bond donors (Lipinski definition) is 1. The molecule has 1 amide bonds. The molecule has 1 heterocycles. The summed E-state index contributed by atoms with van der Waals surface area (Å²) in [5, 5.41) is 3.93. The van der Waals surface area contributed by atoms with Crippen LogP contribution in [0.1, 0.15) is 15.7 Å². The molecule has 2 aromatic rings. The predicted molar refractivity (Wildman–Crippen MR) is 127 cm³/mol. The fourth-order valence-electron chi connectivity index (χ4n) is 2.54. The van der Waals surface area contributed by atoms with E-state index in [4.69, 9.17) is 9.47 Å². The van der Waals surface area contributed by atoms with Crippen molar-refractivity contribution in [2.75, 3.05) is 31.8 Å². The van der Waals surface area contributed by atoms with Crippen molar-refractivity contribution in [3.63, 3.8) is 0 Å². The van der Waals surface area contributed by atoms with Crippen molar-refractivity contribution in [1.29, 1.82) is 0 Å². The first-order valence-corrected chi connectivity index (χ1v) is 12.2. The van der Waals surface area contributed by atoms with Crippen molar-refractivity contribution < 1.29 is 23.8 Å². The third kappa shape index (κ3) is 7.48. The number of hydrogen-bond acceptors (Lipinski definition) is 8. The van der Waals surface area contributed by atoms with E-state index in [1.165, 1.54) is 30.4 Å². The van der Waals surface area contributed by atoms with Gasteiger partial charge in [0.05, 0.1) is 22.4 Å². The topological polar surface area (TPSA) is 86.2 Å². The predicted octanol–water partition coefficient (Wildman–Crippen LogP) is 4.01. The average Bonchev–Trinajstić information content (AvgIpc) is 3.32. The lowest BCUT2D eigenvalue weighted by Crippen LogP contribution is -2.24. The second kappa shape index (κ2) is 12.0. The number of thioether (sulfide) groups is 2. The lowest BCUT2D eigenvalue weighted by molar-refractivity contribution is -0.142. The summed E-state index contributed by atoms with van der Waals surface area (Å²) >= 11 is 7.26. The van der Waals surface area contributed by atoms with Gasteiger partial charge in [0.25, 0.3) is 5.91 Å². The van der Waals surface area contributed by atoms with Gasteiger partial charge in [-0.2, -0.15) is 5.10 Å². The first-order valence-electron chi connectivity index (χ1n) is 9.32. The van der Waals surface area contributed by atoms with Crippen LogP contribution in [0, 0.1) is 0 Å². The molecular formula is C21H21BrN2O5S2. The summed E-state index contributed by atoms with van der Waals surface area (Å²) in [6.07, 6.45) is 1.50. The van der Waals surface area contributed by atoms with Crippen molar-refractivity contribution >= 4 is 57.5 Å². The lowest BCUT2D eigenvalue weighted by atomic mass is 10.2. The Hall–Kier alpha value is -2.17. The number of nitrogens with zero attached hydrogens (tertiary/aromatic N) is 1. The van der Waals surface area contributed by atoms with Crippen LogP contribution in [0.15, 0.2) is 52.0 Å². The average molecular weight is 525 g/mol. The first kappa shape index (κ1) is 23.5. The quantitative estimate of drug-likeness (QED) is 0.301. The summed E-state index contributed by atoms with van der Waals surface area (Å²) in [6, 6.07) is 13.0. The highest BCUT2D eigenvalue weighted by Crippen LogP contribution is 2.45. The smallest absolute Gasteiger partial charge is 0.343 e. The number of benzene rings is 2. The Morgan fingerprint density at radius 2 is 1.87 bits per heavy atom. The van der Waals surface area contributed by atoms with Crippen LogP contribution >= 0.6 is 39.5 Å². The number of carbonyl (C=O) groups excluding carboxylic acids is 2. The van der Waals surface area contributed by atoms with Gasteiger partial charge < -0.3 is 14.2 Å². The molecule has 1 saturated heterocycles. The Kier molecular flexibility index (Phi) is 9.11. The molecule has 1 N–H and O–H groups in total. The Morgan fingerprint density at radius 3 is 2.55 bits per heavy atom. The molecule has 1 fully saturated rings. The number of carbonyl (C=O) groups is 2. The highest BCUT2D eigenvalue weighted by Gasteiger charge is 2.18. The van der Waals surface area contributed by atoms with Crippen LogP contribution in [0.4, 0.5) is 0 Å². The van der Waals surface area contributed by atoms with Gasteiger partial charge in [0, 0.05) is 11.5 Å². The zero-order valence-corrected chi connectivity index (χ0v) is 19.9. The molecule has 1 aliphatic rings. The van der Waals surface area contributed by atoms with E-state index in [-0.39, 0.29) is 19.1 Å². The molecular weight excluding hydrogens is 504 g/mol. The first-order chi connectivity index (χ1) is 15.0. The monoisotopic (exact) mass is 524 g/mol. The molecule has 1 aliphatic heterocycles. The molecule has 0 unspecified atom stereocenters. The lowest BCUT2D eigenvalue weighted by Gasteiger charge is -2.10. The molecule has 10 heteroatoms. The van der Waals surface area contributed by atoms with Crippen molar-refractivity contribution in [2.24, 2.45) is 5.10 Å². The third-order valence-electron chi connectivity index (χ3n) is 4.08. The van der Waals surface area contributed by atoms with Gasteiger partial charge in [0.2, 0.25) is 0 Å². The van der Waals surface area contributed by atoms with Crippen molar-refractivity contribution in [3.8, 4) is 11.5 Å². The molecule has 7 nitrogen and oxygen atoms in total. The Labute approximate surface area is 197 Å². The van der Waals surface area contributed by atoms with Crippen LogP contribution in [0.2, 0.25) is 0 Å². The molecule has 0 aromatic heterocycles. The standard InChI is InChI=1S/C21H21BrN2O5S2/c1-27-20(26)13-29-18-7-2-14(10-17(18)22)11-23-24-19(25)12-28-16-5-3-15(4-6-16)21-30-8-9-31-21/h2-7,10-11,21H,8-9,12-13H2,1H3,(H,24,25)/b23-11-. The van der Waals surface area contributed by atoms with Crippen molar-refractivity contribution in [1.82, 2.24) is 5.43 Å². The molecule has 0 atom stereocenters. The summed E-state index contributed by atoms with van der Waals surface area (Å²) in [5.41, 5.74) is 4.43. The summed E-state index contributed by atoms with van der Waals surface area (Å²) in [4.78, 5) is 23.1. The van der Waals surface area contributed by atoms with Crippen molar-refractivity contribution in [3.05, 3.63) is 58.1 Å². The van der Waals surface area contributed by atoms with E-state index in [0.717, 1.165) is 5.56 Å². The molecule has 2 aromatic carbocycles. The molecule has 3 rings (SSSR count). The molecule has 0 radical (unpaired) electrons. The number of rotatable bonds is 9. The van der Waals surface area contributed by atoms with E-state index in [1.807, 2.05) is 47.8 Å². The van der Waals surface area contributed by atoms with Crippen LogP contribution in [0.25, 0.3) is 0 Å². The SMILES string of the molecule is COC(=O)COc1ccc(/C=N\NC(=O)COc2ccc(C3SCCS3)cc2)cc1Br. The largest absolute Gasteiger partial charge is 0.484 e. The number of hydrazone groups is 1. The fourth-order valence-corrected chi connectivity index (χ4v) is 5.91. The second-order valence-corrected chi connectivity index (χ2v) is 9.86. The highest BCUT2D eigenvalue weighted by atomic mass is 79.9. The minimum atomic E-state index is -0.467. The molecule has 0 bridgehead atoms. The molecule has 164 valence electrons. The van der Waals surface area contributed by atoms with E-state index in [0.29, 0.717) is 20.6 Å². The van der Waals surface area contributed by atoms with Gasteiger partial charge in [0.1, 0.15) is 11.5 Å². The van der Waals surface area contributed by atoms with Gasteiger partial charge in [-0.25, -0.2) is 10.2 Å². The van der Waals surface area contributed by atoms with Gasteiger partial charge in [-0.1, -0.05) is 12.1 Å². The third-order valence-corrected chi connectivity index (χ3v) is 7.80. The number of amides is 1. The highest BCUT2D eigenvalue weighted by molar-refractivity contribution is 9.10. The van der Waals surface area contributed by atoms with Gasteiger partial charge in [0.15, 0.2) is 13.2 Å². The van der Waals surface area contributed by atoms with Crippen molar-refractivity contribution in [2.45, 2.75) is 4.58 Å². The van der Waals surface area contributed by atoms with E-state index >= 15 is 0 Å². The van der Waals surface area contributed by atoms with Gasteiger partial charge in [-0.05, 0) is 57.4 Å². The molecule has 31 heavy (non-hydrogen) atoms. The van der Waals surface area contributed by atoms with E-state index in [1.54, 1.807) is 18.2 Å². The zero-order valence-electron chi connectivity index (χ0n) is 16.7. The minimum absolute atomic E-state index is 0.131. The maximum Gasteiger partial charge on any atom is 0.343 e. The summed E-state index contributed by atoms with van der Waals surface area (Å²) in [6.45, 7) is -0.312. The maximum atomic E-state index is 12.0. The normalized spacial score (nSPS) is 13.9. The number of methoxy groups -OCH3 is 1. The van der Waals surface area contributed by atoms with E-state index in [2.05, 4.69) is 31.2 Å². The number of ether oxygens (including phenoxy) is 3. The maximum absolute atomic E-state index is 12.0. The van der Waals surface area contributed by atoms with Crippen LogP contribution < -0.4 is 14.9 Å². The Morgan fingerprint density at radius 1 is 1.13 bits per heavy atom. The van der Waals surface area contributed by atoms with Gasteiger partial charge in [-0.15, -0.1) is 23.5 Å². The Bertz CT molecular complexity index is 934. The molecule has 0 aliphatic carbocycles. The molecule has 0 spiro atoms. The van der Waals surface area contributed by atoms with Crippen LogP contribution in [-0.4, -0.2) is 49.9 Å². The van der Waals surface area contributed by atoms with E-state index in [9.17, 15) is 9.59 Å². The Balaban J connectivity index is 1.42. The fraction of sp³-hybridized carbons (Fsp3) is 0.286. The van der Waals surface area contributed by atoms with E-state index < -0.39 is 5.97 Å². The van der Waals surface area contributed by atoms with Gasteiger partial charge in [-0.3, -0.25) is 4.79 Å².